The van der Waals surface area contributed by atoms with Crippen molar-refractivity contribution in [1.29, 1.82) is 0 Å². The van der Waals surface area contributed by atoms with Gasteiger partial charge in [-0.2, -0.15) is 0 Å². The molecule has 19 heavy (non-hydrogen) atoms. The number of halogens is 1. The molecular formula is C14H21FN2O2. The zero-order valence-corrected chi connectivity index (χ0v) is 11.6. The molecule has 0 spiro atoms. The molecule has 0 aliphatic heterocycles. The summed E-state index contributed by atoms with van der Waals surface area (Å²) in [7, 11) is 2.05. The lowest BCUT2D eigenvalue weighted by atomic mass is 10.2. The Kier molecular flexibility index (Phi) is 5.76. The Morgan fingerprint density at radius 1 is 1.53 bits per heavy atom. The lowest BCUT2D eigenvalue weighted by Gasteiger charge is -2.23. The highest BCUT2D eigenvalue weighted by Gasteiger charge is 2.10. The molecular weight excluding hydrogens is 247 g/mol. The highest BCUT2D eigenvalue weighted by molar-refractivity contribution is 5.88. The average Bonchev–Trinajstić information content (AvgIpc) is 2.37. The fourth-order valence-corrected chi connectivity index (χ4v) is 1.71. The normalized spacial score (nSPS) is 12.5. The predicted octanol–water partition coefficient (Wildman–Crippen LogP) is 2.67. The van der Waals surface area contributed by atoms with Crippen molar-refractivity contribution in [1.82, 2.24) is 4.90 Å². The number of nitrogens with one attached hydrogen (secondary N) is 1. The van der Waals surface area contributed by atoms with Crippen LogP contribution in [0.4, 0.5) is 10.1 Å². The maximum absolute atomic E-state index is 13.4. The van der Waals surface area contributed by atoms with Crippen molar-refractivity contribution in [3.63, 3.8) is 0 Å². The highest BCUT2D eigenvalue weighted by atomic mass is 19.1. The first kappa shape index (κ1) is 15.4. The quantitative estimate of drug-likeness (QED) is 0.798. The van der Waals surface area contributed by atoms with Crippen LogP contribution in [0.15, 0.2) is 18.2 Å². The molecule has 0 aromatic heterocycles. The lowest BCUT2D eigenvalue weighted by Crippen LogP contribution is -2.32. The largest absolute Gasteiger partial charge is 0.478 e. The summed E-state index contributed by atoms with van der Waals surface area (Å²) in [6.07, 6.45) is 1.08. The third-order valence-corrected chi connectivity index (χ3v) is 3.34. The van der Waals surface area contributed by atoms with Crippen molar-refractivity contribution in [2.75, 3.05) is 25.5 Å². The molecule has 0 saturated heterocycles. The number of carboxylic acid groups (broad SMARTS) is 1. The van der Waals surface area contributed by atoms with E-state index in [0.717, 1.165) is 13.0 Å². The number of likely N-dealkylation sites (N-methyl/N-ethyl adjacent to an activating group) is 1. The van der Waals surface area contributed by atoms with Crippen molar-refractivity contribution >= 4 is 11.7 Å². The lowest BCUT2D eigenvalue weighted by molar-refractivity contribution is 0.0692. The number of carboxylic acids is 1. The third-order valence-electron chi connectivity index (χ3n) is 3.34. The second-order valence-electron chi connectivity index (χ2n) is 4.66. The molecule has 5 heteroatoms. The van der Waals surface area contributed by atoms with Crippen LogP contribution in [0.2, 0.25) is 0 Å². The molecule has 1 unspecified atom stereocenters. The zero-order chi connectivity index (χ0) is 14.4. The molecule has 106 valence electrons. The van der Waals surface area contributed by atoms with Crippen LogP contribution in [0.25, 0.3) is 0 Å². The van der Waals surface area contributed by atoms with Gasteiger partial charge in [-0.25, -0.2) is 9.18 Å². The van der Waals surface area contributed by atoms with Crippen LogP contribution in [-0.2, 0) is 0 Å². The van der Waals surface area contributed by atoms with E-state index in [-0.39, 0.29) is 5.56 Å². The van der Waals surface area contributed by atoms with E-state index in [1.165, 1.54) is 12.1 Å². The van der Waals surface area contributed by atoms with Crippen LogP contribution in [0, 0.1) is 5.82 Å². The summed E-state index contributed by atoms with van der Waals surface area (Å²) >= 11 is 0. The minimum absolute atomic E-state index is 0.303. The molecule has 0 radical (unpaired) electrons. The van der Waals surface area contributed by atoms with E-state index in [1.54, 1.807) is 6.07 Å². The van der Waals surface area contributed by atoms with E-state index in [0.29, 0.717) is 18.3 Å². The molecule has 1 rings (SSSR count). The Hall–Kier alpha value is -1.62. The first-order valence-corrected chi connectivity index (χ1v) is 6.42. The molecule has 2 N–H and O–H groups in total. The van der Waals surface area contributed by atoms with Gasteiger partial charge in [0.1, 0.15) is 5.82 Å². The van der Waals surface area contributed by atoms with E-state index in [4.69, 9.17) is 5.11 Å². The number of rotatable bonds is 7. The second-order valence-corrected chi connectivity index (χ2v) is 4.66. The average molecular weight is 268 g/mol. The fraction of sp³-hybridized carbons (Fsp3) is 0.500. The molecule has 1 aromatic carbocycles. The Morgan fingerprint density at radius 2 is 2.21 bits per heavy atom. The number of aromatic carboxylic acids is 1. The standard InChI is InChI=1S/C14H21FN2O2/c1-4-10(2)17(3)8-7-16-11-5-6-12(14(18)19)13(15)9-11/h5-6,9-10,16H,4,7-8H2,1-3H3,(H,18,19). The van der Waals surface area contributed by atoms with Gasteiger partial charge in [0, 0.05) is 24.8 Å². The summed E-state index contributed by atoms with van der Waals surface area (Å²) in [6.45, 7) is 5.82. The maximum Gasteiger partial charge on any atom is 0.338 e. The van der Waals surface area contributed by atoms with E-state index in [9.17, 15) is 9.18 Å². The number of hydrogen-bond donors (Lipinski definition) is 2. The van der Waals surface area contributed by atoms with E-state index in [1.807, 2.05) is 7.05 Å². The maximum atomic E-state index is 13.4. The van der Waals surface area contributed by atoms with Crippen LogP contribution in [0.5, 0.6) is 0 Å². The monoisotopic (exact) mass is 268 g/mol. The van der Waals surface area contributed by atoms with Gasteiger partial charge < -0.3 is 15.3 Å². The first-order valence-electron chi connectivity index (χ1n) is 6.42. The van der Waals surface area contributed by atoms with Crippen molar-refractivity contribution in [3.05, 3.63) is 29.6 Å². The molecule has 0 saturated carbocycles. The molecule has 0 aliphatic carbocycles. The van der Waals surface area contributed by atoms with Crippen LogP contribution < -0.4 is 5.32 Å². The number of hydrogen-bond acceptors (Lipinski definition) is 3. The van der Waals surface area contributed by atoms with Gasteiger partial charge in [-0.1, -0.05) is 6.92 Å². The number of carbonyl (C=O) groups is 1. The third kappa shape index (κ3) is 4.52. The summed E-state index contributed by atoms with van der Waals surface area (Å²) in [6, 6.07) is 4.58. The predicted molar refractivity (Wildman–Crippen MR) is 74.2 cm³/mol. The van der Waals surface area contributed by atoms with E-state index in [2.05, 4.69) is 24.1 Å². The topological polar surface area (TPSA) is 52.6 Å². The fourth-order valence-electron chi connectivity index (χ4n) is 1.71. The molecule has 0 bridgehead atoms. The van der Waals surface area contributed by atoms with Gasteiger partial charge in [0.2, 0.25) is 0 Å². The van der Waals surface area contributed by atoms with Gasteiger partial charge in [-0.3, -0.25) is 0 Å². The molecule has 4 nitrogen and oxygen atoms in total. The summed E-state index contributed by atoms with van der Waals surface area (Å²) in [5.41, 5.74) is 0.294. The molecule has 0 fully saturated rings. The summed E-state index contributed by atoms with van der Waals surface area (Å²) in [5, 5.41) is 11.8. The minimum atomic E-state index is -1.25. The van der Waals surface area contributed by atoms with Gasteiger partial charge in [-0.15, -0.1) is 0 Å². The highest BCUT2D eigenvalue weighted by Crippen LogP contribution is 2.14. The number of nitrogens with zero attached hydrogens (tertiary/aromatic N) is 1. The Labute approximate surface area is 113 Å². The van der Waals surface area contributed by atoms with Crippen LogP contribution in [0.1, 0.15) is 30.6 Å². The smallest absolute Gasteiger partial charge is 0.338 e. The Balaban J connectivity index is 2.51. The first-order chi connectivity index (χ1) is 8.95. The van der Waals surface area contributed by atoms with Gasteiger partial charge in [0.05, 0.1) is 5.56 Å². The van der Waals surface area contributed by atoms with Crippen molar-refractivity contribution < 1.29 is 14.3 Å². The van der Waals surface area contributed by atoms with E-state index >= 15 is 0 Å². The van der Waals surface area contributed by atoms with Crippen molar-refractivity contribution in [3.8, 4) is 0 Å². The molecule has 1 aromatic rings. The van der Waals surface area contributed by atoms with Gasteiger partial charge in [-0.05, 0) is 38.6 Å². The molecule has 0 amide bonds. The van der Waals surface area contributed by atoms with Crippen LogP contribution in [0.3, 0.4) is 0 Å². The van der Waals surface area contributed by atoms with Gasteiger partial charge >= 0.3 is 5.97 Å². The SMILES string of the molecule is CCC(C)N(C)CCNc1ccc(C(=O)O)c(F)c1. The molecule has 0 heterocycles. The summed E-state index contributed by atoms with van der Waals surface area (Å²) in [5.74, 6) is -1.96. The van der Waals surface area contributed by atoms with E-state index < -0.39 is 11.8 Å². The molecule has 1 atom stereocenters. The van der Waals surface area contributed by atoms with Crippen molar-refractivity contribution in [2.24, 2.45) is 0 Å². The second kappa shape index (κ2) is 7.09. The van der Waals surface area contributed by atoms with Gasteiger partial charge in [0.25, 0.3) is 0 Å². The number of anilines is 1. The van der Waals surface area contributed by atoms with Gasteiger partial charge in [0.15, 0.2) is 0 Å². The summed E-state index contributed by atoms with van der Waals surface area (Å²) < 4.78 is 13.4. The number of benzene rings is 1. The zero-order valence-electron chi connectivity index (χ0n) is 11.6. The van der Waals surface area contributed by atoms with Crippen molar-refractivity contribution in [2.45, 2.75) is 26.3 Å². The van der Waals surface area contributed by atoms with Crippen LogP contribution >= 0.6 is 0 Å². The van der Waals surface area contributed by atoms with Crippen LogP contribution in [-0.4, -0.2) is 42.2 Å². The Bertz CT molecular complexity index is 437. The minimum Gasteiger partial charge on any atom is -0.478 e. The molecule has 0 aliphatic rings. The Morgan fingerprint density at radius 3 is 2.74 bits per heavy atom. The summed E-state index contributed by atoms with van der Waals surface area (Å²) in [4.78, 5) is 12.9.